The van der Waals surface area contributed by atoms with Crippen LogP contribution in [-0.2, 0) is 4.79 Å². The highest BCUT2D eigenvalue weighted by molar-refractivity contribution is 5.94. The highest BCUT2D eigenvalue weighted by Gasteiger charge is 2.06. The minimum Gasteiger partial charge on any atom is -0.326 e. The van der Waals surface area contributed by atoms with E-state index in [9.17, 15) is 9.59 Å². The molecule has 2 aromatic carbocycles. The van der Waals surface area contributed by atoms with E-state index in [1.54, 1.807) is 12.1 Å². The molecule has 1 N–H and O–H groups in total. The first kappa shape index (κ1) is 12.0. The summed E-state index contributed by atoms with van der Waals surface area (Å²) in [7, 11) is 0. The van der Waals surface area contributed by atoms with Crippen LogP contribution in [0.3, 0.4) is 0 Å². The van der Waals surface area contributed by atoms with Crippen molar-refractivity contribution in [3.63, 3.8) is 0 Å². The lowest BCUT2D eigenvalue weighted by molar-refractivity contribution is -0.114. The Hall–Kier alpha value is -2.42. The first-order chi connectivity index (χ1) is 8.70. The van der Waals surface area contributed by atoms with E-state index >= 15 is 0 Å². The van der Waals surface area contributed by atoms with Crippen LogP contribution in [-0.4, -0.2) is 12.2 Å². The number of hydrogen-bond donors (Lipinski definition) is 1. The van der Waals surface area contributed by atoms with E-state index in [1.807, 2.05) is 36.4 Å². The monoisotopic (exact) mass is 239 g/mol. The summed E-state index contributed by atoms with van der Waals surface area (Å²) >= 11 is 0. The van der Waals surface area contributed by atoms with Crippen molar-refractivity contribution in [3.05, 3.63) is 54.1 Å². The first-order valence-corrected chi connectivity index (χ1v) is 5.63. The van der Waals surface area contributed by atoms with Crippen LogP contribution in [0.15, 0.2) is 48.5 Å². The molecule has 0 bridgehead atoms. The van der Waals surface area contributed by atoms with E-state index in [0.717, 1.165) is 23.1 Å². The van der Waals surface area contributed by atoms with E-state index in [0.29, 0.717) is 5.56 Å². The van der Waals surface area contributed by atoms with Gasteiger partial charge in [-0.3, -0.25) is 9.59 Å². The molecule has 0 aliphatic carbocycles. The van der Waals surface area contributed by atoms with Gasteiger partial charge in [0.1, 0.15) is 6.29 Å². The number of nitrogens with one attached hydrogen (secondary N) is 1. The van der Waals surface area contributed by atoms with Crippen molar-refractivity contribution < 1.29 is 9.59 Å². The molecule has 3 heteroatoms. The third-order valence-electron chi connectivity index (χ3n) is 2.57. The van der Waals surface area contributed by atoms with E-state index in [4.69, 9.17) is 0 Å². The second-order valence-electron chi connectivity index (χ2n) is 3.97. The van der Waals surface area contributed by atoms with Gasteiger partial charge in [0, 0.05) is 23.7 Å². The van der Waals surface area contributed by atoms with Crippen molar-refractivity contribution in [2.24, 2.45) is 0 Å². The number of rotatable bonds is 3. The second kappa shape index (κ2) is 5.27. The van der Waals surface area contributed by atoms with Gasteiger partial charge < -0.3 is 5.32 Å². The molecule has 0 fully saturated rings. The summed E-state index contributed by atoms with van der Waals surface area (Å²) < 4.78 is 0. The normalized spacial score (nSPS) is 9.83. The van der Waals surface area contributed by atoms with E-state index in [1.165, 1.54) is 6.92 Å². The fourth-order valence-corrected chi connectivity index (χ4v) is 1.81. The molecule has 0 atom stereocenters. The number of hydrogen-bond acceptors (Lipinski definition) is 2. The van der Waals surface area contributed by atoms with Gasteiger partial charge in [-0.25, -0.2) is 0 Å². The zero-order valence-corrected chi connectivity index (χ0v) is 10.0. The molecular weight excluding hydrogens is 226 g/mol. The Labute approximate surface area is 105 Å². The lowest BCUT2D eigenvalue weighted by Crippen LogP contribution is -2.06. The van der Waals surface area contributed by atoms with Gasteiger partial charge in [0.05, 0.1) is 0 Å². The molecule has 2 rings (SSSR count). The van der Waals surface area contributed by atoms with Crippen molar-refractivity contribution >= 4 is 17.9 Å². The molecule has 18 heavy (non-hydrogen) atoms. The van der Waals surface area contributed by atoms with Crippen LogP contribution in [0.1, 0.15) is 17.3 Å². The van der Waals surface area contributed by atoms with Gasteiger partial charge in [-0.2, -0.15) is 0 Å². The molecule has 0 spiro atoms. The van der Waals surface area contributed by atoms with Crippen LogP contribution in [0.2, 0.25) is 0 Å². The maximum atomic E-state index is 11.2. The van der Waals surface area contributed by atoms with Gasteiger partial charge in [0.2, 0.25) is 5.91 Å². The predicted octanol–water partition coefficient (Wildman–Crippen LogP) is 3.12. The SMILES string of the molecule is CC(=O)Nc1ccccc1-c1cccc(C=O)c1. The summed E-state index contributed by atoms with van der Waals surface area (Å²) in [5, 5.41) is 2.78. The maximum absolute atomic E-state index is 11.2. The molecule has 0 saturated heterocycles. The van der Waals surface area contributed by atoms with Crippen LogP contribution in [0.4, 0.5) is 5.69 Å². The van der Waals surface area contributed by atoms with E-state index in [-0.39, 0.29) is 5.91 Å². The first-order valence-electron chi connectivity index (χ1n) is 5.63. The van der Waals surface area contributed by atoms with E-state index < -0.39 is 0 Å². The van der Waals surface area contributed by atoms with Crippen LogP contribution in [0.25, 0.3) is 11.1 Å². The molecule has 0 aliphatic rings. The smallest absolute Gasteiger partial charge is 0.221 e. The minimum absolute atomic E-state index is 0.117. The van der Waals surface area contributed by atoms with Crippen molar-refractivity contribution in [1.29, 1.82) is 0 Å². The van der Waals surface area contributed by atoms with Crippen molar-refractivity contribution in [2.45, 2.75) is 6.92 Å². The summed E-state index contributed by atoms with van der Waals surface area (Å²) in [6.45, 7) is 1.47. The van der Waals surface area contributed by atoms with Crippen LogP contribution in [0.5, 0.6) is 0 Å². The molecule has 2 aromatic rings. The average molecular weight is 239 g/mol. The fraction of sp³-hybridized carbons (Fsp3) is 0.0667. The molecule has 90 valence electrons. The summed E-state index contributed by atoms with van der Waals surface area (Å²) in [6, 6.07) is 14.8. The van der Waals surface area contributed by atoms with Crippen molar-refractivity contribution in [3.8, 4) is 11.1 Å². The molecule has 0 unspecified atom stereocenters. The van der Waals surface area contributed by atoms with E-state index in [2.05, 4.69) is 5.32 Å². The molecular formula is C15H13NO2. The third kappa shape index (κ3) is 2.63. The van der Waals surface area contributed by atoms with Gasteiger partial charge in [0.25, 0.3) is 0 Å². The molecule has 0 radical (unpaired) electrons. The highest BCUT2D eigenvalue weighted by atomic mass is 16.1. The van der Waals surface area contributed by atoms with Gasteiger partial charge in [-0.15, -0.1) is 0 Å². The van der Waals surface area contributed by atoms with Crippen LogP contribution < -0.4 is 5.32 Å². The Bertz CT molecular complexity index is 591. The lowest BCUT2D eigenvalue weighted by Gasteiger charge is -2.10. The van der Waals surface area contributed by atoms with Crippen molar-refractivity contribution in [1.82, 2.24) is 0 Å². The number of amides is 1. The number of anilines is 1. The third-order valence-corrected chi connectivity index (χ3v) is 2.57. The average Bonchev–Trinajstić information content (AvgIpc) is 2.39. The number of carbonyl (C=O) groups is 2. The molecule has 0 heterocycles. The summed E-state index contributed by atoms with van der Waals surface area (Å²) in [6.07, 6.45) is 0.810. The number of benzene rings is 2. The Morgan fingerprint density at radius 2 is 1.89 bits per heavy atom. The Kier molecular flexibility index (Phi) is 3.53. The summed E-state index contributed by atoms with van der Waals surface area (Å²) in [5.41, 5.74) is 3.17. The van der Waals surface area contributed by atoms with Crippen molar-refractivity contribution in [2.75, 3.05) is 5.32 Å². The largest absolute Gasteiger partial charge is 0.326 e. The Morgan fingerprint density at radius 1 is 1.11 bits per heavy atom. The summed E-state index contributed by atoms with van der Waals surface area (Å²) in [4.78, 5) is 21.9. The fourth-order valence-electron chi connectivity index (χ4n) is 1.81. The Balaban J connectivity index is 2.49. The minimum atomic E-state index is -0.117. The van der Waals surface area contributed by atoms with Gasteiger partial charge >= 0.3 is 0 Å². The second-order valence-corrected chi connectivity index (χ2v) is 3.97. The quantitative estimate of drug-likeness (QED) is 0.836. The highest BCUT2D eigenvalue weighted by Crippen LogP contribution is 2.28. The molecule has 1 amide bonds. The topological polar surface area (TPSA) is 46.2 Å². The predicted molar refractivity (Wildman–Crippen MR) is 71.6 cm³/mol. The molecule has 0 aromatic heterocycles. The number of para-hydroxylation sites is 1. The van der Waals surface area contributed by atoms with Crippen LogP contribution in [0, 0.1) is 0 Å². The zero-order chi connectivity index (χ0) is 13.0. The Morgan fingerprint density at radius 3 is 2.61 bits per heavy atom. The summed E-state index contributed by atoms with van der Waals surface area (Å²) in [5.74, 6) is -0.117. The zero-order valence-electron chi connectivity index (χ0n) is 10.0. The van der Waals surface area contributed by atoms with Gasteiger partial charge in [-0.1, -0.05) is 36.4 Å². The lowest BCUT2D eigenvalue weighted by atomic mass is 10.0. The molecule has 0 aliphatic heterocycles. The standard InChI is InChI=1S/C15H13NO2/c1-11(18)16-15-8-3-2-7-14(15)13-6-4-5-12(9-13)10-17/h2-10H,1H3,(H,16,18). The molecule has 0 saturated carbocycles. The number of aldehydes is 1. The van der Waals surface area contributed by atoms with Gasteiger partial charge in [-0.05, 0) is 17.7 Å². The van der Waals surface area contributed by atoms with Gasteiger partial charge in [0.15, 0.2) is 0 Å². The number of carbonyl (C=O) groups excluding carboxylic acids is 2. The maximum Gasteiger partial charge on any atom is 0.221 e. The molecule has 3 nitrogen and oxygen atoms in total. The van der Waals surface area contributed by atoms with Crippen LogP contribution >= 0.6 is 0 Å².